The molecule has 0 aliphatic carbocycles. The van der Waals surface area contributed by atoms with E-state index in [9.17, 15) is 24.3 Å². The second-order valence-electron chi connectivity index (χ2n) is 7.77. The van der Waals surface area contributed by atoms with Crippen LogP contribution in [0.5, 0.6) is 5.75 Å². The number of phenols is 1. The minimum atomic E-state index is -0.652. The van der Waals surface area contributed by atoms with E-state index in [4.69, 9.17) is 0 Å². The second kappa shape index (κ2) is 5.88. The maximum atomic E-state index is 12.9. The highest BCUT2D eigenvalue weighted by molar-refractivity contribution is 5.41. The predicted molar refractivity (Wildman–Crippen MR) is 106 cm³/mol. The molecule has 0 bridgehead atoms. The molecule has 0 saturated carbocycles. The molecule has 0 spiro atoms. The lowest BCUT2D eigenvalue weighted by Crippen LogP contribution is -2.46. The quantitative estimate of drug-likeness (QED) is 0.504. The smallest absolute Gasteiger partial charge is 0.347 e. The zero-order valence-corrected chi connectivity index (χ0v) is 16.6. The summed E-state index contributed by atoms with van der Waals surface area (Å²) in [5.41, 5.74) is 0.189. The number of hydrogen-bond acceptors (Lipinski definition) is 5. The largest absolute Gasteiger partial charge is 0.508 e. The Morgan fingerprint density at radius 3 is 2.20 bits per heavy atom. The average Bonchev–Trinajstić information content (AvgIpc) is 3.09. The van der Waals surface area contributed by atoms with Gasteiger partial charge in [-0.3, -0.25) is 0 Å². The number of aromatic nitrogens is 6. The number of allylic oxidation sites excluding steroid dienone is 2. The highest BCUT2D eigenvalue weighted by Gasteiger charge is 2.40. The summed E-state index contributed by atoms with van der Waals surface area (Å²) in [6.07, 6.45) is 1.84. The first-order chi connectivity index (χ1) is 14.2. The Morgan fingerprint density at radius 2 is 1.53 bits per heavy atom. The van der Waals surface area contributed by atoms with Crippen molar-refractivity contribution in [2.24, 2.45) is 14.1 Å². The van der Waals surface area contributed by atoms with Gasteiger partial charge in [-0.1, -0.05) is 12.1 Å². The summed E-state index contributed by atoms with van der Waals surface area (Å²) in [7, 11) is 2.82. The SMILES string of the molecule is Cc1cc(C2C3=CCn4c(=O)n(C)c(=O)n4C3Cn3c(=O)n(C)c(=O)n32)ccc1O. The van der Waals surface area contributed by atoms with Crippen LogP contribution in [-0.2, 0) is 27.2 Å². The first-order valence-corrected chi connectivity index (χ1v) is 9.48. The lowest BCUT2D eigenvalue weighted by molar-refractivity contribution is 0.246. The van der Waals surface area contributed by atoms with Gasteiger partial charge in [-0.15, -0.1) is 0 Å². The Balaban J connectivity index is 1.84. The summed E-state index contributed by atoms with van der Waals surface area (Å²) in [5, 5.41) is 9.94. The number of aromatic hydroxyl groups is 1. The van der Waals surface area contributed by atoms with Crippen molar-refractivity contribution >= 4 is 0 Å². The molecule has 11 nitrogen and oxygen atoms in total. The van der Waals surface area contributed by atoms with Gasteiger partial charge in [0.15, 0.2) is 0 Å². The van der Waals surface area contributed by atoms with Crippen LogP contribution in [0.1, 0.15) is 23.2 Å². The number of phenolic OH excluding ortho intramolecular Hbond substituents is 1. The first kappa shape index (κ1) is 18.3. The topological polar surface area (TPSA) is 118 Å². The number of fused-ring (bicyclic) bond motifs is 4. The van der Waals surface area contributed by atoms with Crippen LogP contribution >= 0.6 is 0 Å². The minimum Gasteiger partial charge on any atom is -0.508 e. The molecule has 2 aliphatic heterocycles. The van der Waals surface area contributed by atoms with Crippen LogP contribution in [0.25, 0.3) is 0 Å². The van der Waals surface area contributed by atoms with Crippen LogP contribution < -0.4 is 22.8 Å². The minimum absolute atomic E-state index is 0.0532. The van der Waals surface area contributed by atoms with Crippen molar-refractivity contribution in [1.29, 1.82) is 0 Å². The van der Waals surface area contributed by atoms with Gasteiger partial charge in [0, 0.05) is 14.1 Å². The molecule has 1 N–H and O–H groups in total. The molecule has 5 rings (SSSR count). The summed E-state index contributed by atoms with van der Waals surface area (Å²) in [4.78, 5) is 50.9. The standard InChI is InChI=1S/C19H20N6O5/c1-10-8-11(4-5-14(10)26)15-12-6-7-22-16(27)20(2)18(29)24(22)13(12)9-23-17(28)21(3)19(30)25(15)23/h4-6,8,13,15,26H,7,9H2,1-3H3. The van der Waals surface area contributed by atoms with E-state index in [-0.39, 0.29) is 18.8 Å². The van der Waals surface area contributed by atoms with Crippen LogP contribution in [0, 0.1) is 6.92 Å². The Labute approximate surface area is 168 Å². The average molecular weight is 412 g/mol. The van der Waals surface area contributed by atoms with Crippen molar-refractivity contribution in [1.82, 2.24) is 27.9 Å². The van der Waals surface area contributed by atoms with Gasteiger partial charge in [0.05, 0.1) is 19.1 Å². The van der Waals surface area contributed by atoms with Gasteiger partial charge in [-0.2, -0.15) is 0 Å². The number of nitrogens with zero attached hydrogens (tertiary/aromatic N) is 6. The third-order valence-corrected chi connectivity index (χ3v) is 6.12. The summed E-state index contributed by atoms with van der Waals surface area (Å²) < 4.78 is 7.47. The van der Waals surface area contributed by atoms with E-state index in [0.717, 1.165) is 14.7 Å². The van der Waals surface area contributed by atoms with Gasteiger partial charge in [-0.25, -0.2) is 47.0 Å². The maximum Gasteiger partial charge on any atom is 0.347 e. The van der Waals surface area contributed by atoms with E-state index in [0.29, 0.717) is 11.1 Å². The molecule has 156 valence electrons. The fraction of sp³-hybridized carbons (Fsp3) is 0.368. The van der Waals surface area contributed by atoms with Gasteiger partial charge in [0.2, 0.25) is 0 Å². The Bertz CT molecular complexity index is 1490. The number of benzene rings is 1. The molecule has 2 unspecified atom stereocenters. The summed E-state index contributed by atoms with van der Waals surface area (Å²) in [6, 6.07) is 3.74. The second-order valence-corrected chi connectivity index (χ2v) is 7.77. The van der Waals surface area contributed by atoms with Crippen molar-refractivity contribution in [2.45, 2.75) is 32.1 Å². The molecule has 4 heterocycles. The van der Waals surface area contributed by atoms with E-state index in [1.807, 2.05) is 6.08 Å². The molecule has 2 aliphatic rings. The molecular formula is C19H20N6O5. The molecule has 2 aromatic heterocycles. The fourth-order valence-corrected chi connectivity index (χ4v) is 4.52. The highest BCUT2D eigenvalue weighted by atomic mass is 16.3. The van der Waals surface area contributed by atoms with Gasteiger partial charge >= 0.3 is 22.8 Å². The Kier molecular flexibility index (Phi) is 3.58. The molecule has 3 aromatic rings. The molecule has 0 radical (unpaired) electrons. The zero-order valence-electron chi connectivity index (χ0n) is 16.6. The normalized spacial score (nSPS) is 19.8. The van der Waals surface area contributed by atoms with Crippen LogP contribution in [-0.4, -0.2) is 33.0 Å². The molecular weight excluding hydrogens is 392 g/mol. The number of aryl methyl sites for hydroxylation is 1. The van der Waals surface area contributed by atoms with Gasteiger partial charge < -0.3 is 5.11 Å². The van der Waals surface area contributed by atoms with E-state index in [1.54, 1.807) is 25.1 Å². The summed E-state index contributed by atoms with van der Waals surface area (Å²) in [5.74, 6) is 0.120. The Morgan fingerprint density at radius 1 is 0.900 bits per heavy atom. The predicted octanol–water partition coefficient (Wildman–Crippen LogP) is -1.19. The fourth-order valence-electron chi connectivity index (χ4n) is 4.52. The van der Waals surface area contributed by atoms with Crippen LogP contribution in [0.3, 0.4) is 0 Å². The van der Waals surface area contributed by atoms with Crippen LogP contribution in [0.4, 0.5) is 0 Å². The summed E-state index contributed by atoms with van der Waals surface area (Å²) >= 11 is 0. The third-order valence-electron chi connectivity index (χ3n) is 6.12. The van der Waals surface area contributed by atoms with E-state index < -0.39 is 34.8 Å². The molecule has 11 heteroatoms. The lowest BCUT2D eigenvalue weighted by Gasteiger charge is -2.37. The molecule has 0 saturated heterocycles. The Hall–Kier alpha value is -3.76. The molecule has 2 atom stereocenters. The van der Waals surface area contributed by atoms with Crippen molar-refractivity contribution in [3.63, 3.8) is 0 Å². The van der Waals surface area contributed by atoms with E-state index >= 15 is 0 Å². The molecule has 0 fully saturated rings. The maximum absolute atomic E-state index is 12.9. The lowest BCUT2D eigenvalue weighted by atomic mass is 9.89. The van der Waals surface area contributed by atoms with Gasteiger partial charge in [0.25, 0.3) is 0 Å². The van der Waals surface area contributed by atoms with Crippen LogP contribution in [0.2, 0.25) is 0 Å². The number of rotatable bonds is 1. The van der Waals surface area contributed by atoms with Gasteiger partial charge in [-0.05, 0) is 35.8 Å². The monoisotopic (exact) mass is 412 g/mol. The van der Waals surface area contributed by atoms with E-state index in [2.05, 4.69) is 0 Å². The van der Waals surface area contributed by atoms with Crippen molar-refractivity contribution in [3.8, 4) is 5.75 Å². The molecule has 0 amide bonds. The van der Waals surface area contributed by atoms with Crippen LogP contribution in [0.15, 0.2) is 49.0 Å². The van der Waals surface area contributed by atoms with E-state index in [1.165, 1.54) is 32.8 Å². The molecule has 1 aromatic carbocycles. The first-order valence-electron chi connectivity index (χ1n) is 9.48. The molecule has 30 heavy (non-hydrogen) atoms. The zero-order chi connectivity index (χ0) is 21.5. The summed E-state index contributed by atoms with van der Waals surface area (Å²) in [6.45, 7) is 1.98. The van der Waals surface area contributed by atoms with Crippen molar-refractivity contribution in [3.05, 3.63) is 82.9 Å². The third kappa shape index (κ3) is 2.14. The van der Waals surface area contributed by atoms with Gasteiger partial charge in [0.1, 0.15) is 11.8 Å². The van der Waals surface area contributed by atoms with Crippen molar-refractivity contribution in [2.75, 3.05) is 0 Å². The van der Waals surface area contributed by atoms with Crippen molar-refractivity contribution < 1.29 is 5.11 Å². The number of hydrogen-bond donors (Lipinski definition) is 1. The highest BCUT2D eigenvalue weighted by Crippen LogP contribution is 2.39.